The van der Waals surface area contributed by atoms with Crippen molar-refractivity contribution in [2.75, 3.05) is 0 Å². The molecule has 0 bridgehead atoms. The molecule has 15 heavy (non-hydrogen) atoms. The molecule has 0 radical (unpaired) electrons. The summed E-state index contributed by atoms with van der Waals surface area (Å²) in [5.41, 5.74) is 2.97. The van der Waals surface area contributed by atoms with Crippen molar-refractivity contribution >= 4 is 0 Å². The van der Waals surface area contributed by atoms with E-state index in [1.165, 1.54) is 0 Å². The van der Waals surface area contributed by atoms with E-state index in [9.17, 15) is 0 Å². The van der Waals surface area contributed by atoms with Gasteiger partial charge in [-0.2, -0.15) is 5.10 Å². The highest BCUT2D eigenvalue weighted by Crippen LogP contribution is 2.09. The maximum Gasteiger partial charge on any atom is 0.0952 e. The molecule has 2 heterocycles. The molecule has 0 spiro atoms. The Morgan fingerprint density at radius 1 is 1.47 bits per heavy atom. The standard InChI is InChI=1S/C10H14N4O/c1-8-9(4-13(2)12-8)5-14-7-11-3-10(14)6-15/h3-4,7,15H,5-6H2,1-2H3. The van der Waals surface area contributed by atoms with E-state index in [1.54, 1.807) is 17.2 Å². The fraction of sp³-hybridized carbons (Fsp3) is 0.400. The molecule has 5 nitrogen and oxygen atoms in total. The van der Waals surface area contributed by atoms with E-state index in [0.29, 0.717) is 6.54 Å². The van der Waals surface area contributed by atoms with Crippen LogP contribution < -0.4 is 0 Å². The second-order valence-corrected chi connectivity index (χ2v) is 3.58. The van der Waals surface area contributed by atoms with Crippen molar-refractivity contribution in [3.63, 3.8) is 0 Å². The lowest BCUT2D eigenvalue weighted by atomic mass is 10.2. The molecule has 0 unspecified atom stereocenters. The summed E-state index contributed by atoms with van der Waals surface area (Å²) in [7, 11) is 1.90. The zero-order chi connectivity index (χ0) is 10.8. The highest BCUT2D eigenvalue weighted by molar-refractivity contribution is 5.16. The van der Waals surface area contributed by atoms with E-state index in [-0.39, 0.29) is 6.61 Å². The van der Waals surface area contributed by atoms with E-state index < -0.39 is 0 Å². The van der Waals surface area contributed by atoms with Gasteiger partial charge in [-0.1, -0.05) is 0 Å². The molecule has 2 aromatic rings. The van der Waals surface area contributed by atoms with E-state index in [2.05, 4.69) is 10.1 Å². The van der Waals surface area contributed by atoms with Crippen LogP contribution >= 0.6 is 0 Å². The monoisotopic (exact) mass is 206 g/mol. The number of hydrogen-bond acceptors (Lipinski definition) is 3. The lowest BCUT2D eigenvalue weighted by Crippen LogP contribution is -2.03. The Kier molecular flexibility index (Phi) is 2.55. The number of aliphatic hydroxyl groups is 1. The van der Waals surface area contributed by atoms with E-state index in [0.717, 1.165) is 17.0 Å². The number of hydrogen-bond donors (Lipinski definition) is 1. The minimum atomic E-state index is 0.0132. The van der Waals surface area contributed by atoms with Crippen LogP contribution in [0.15, 0.2) is 18.7 Å². The van der Waals surface area contributed by atoms with Gasteiger partial charge in [-0.25, -0.2) is 4.98 Å². The van der Waals surface area contributed by atoms with Crippen LogP contribution in [0.25, 0.3) is 0 Å². The van der Waals surface area contributed by atoms with Gasteiger partial charge in [-0.05, 0) is 6.92 Å². The zero-order valence-corrected chi connectivity index (χ0v) is 8.88. The van der Waals surface area contributed by atoms with Crippen LogP contribution in [0.4, 0.5) is 0 Å². The lowest BCUT2D eigenvalue weighted by molar-refractivity contribution is 0.271. The average Bonchev–Trinajstić information content (AvgIpc) is 2.74. The predicted molar refractivity (Wildman–Crippen MR) is 55.2 cm³/mol. The first-order chi connectivity index (χ1) is 7.20. The van der Waals surface area contributed by atoms with Crippen molar-refractivity contribution in [1.29, 1.82) is 0 Å². The molecule has 2 aromatic heterocycles. The number of nitrogens with zero attached hydrogens (tertiary/aromatic N) is 4. The normalized spacial score (nSPS) is 10.9. The Morgan fingerprint density at radius 2 is 2.27 bits per heavy atom. The van der Waals surface area contributed by atoms with Gasteiger partial charge in [0.05, 0.1) is 37.1 Å². The molecule has 0 fully saturated rings. The van der Waals surface area contributed by atoms with Gasteiger partial charge < -0.3 is 9.67 Å². The molecule has 0 aliphatic rings. The van der Waals surface area contributed by atoms with Gasteiger partial charge in [-0.3, -0.25) is 4.68 Å². The van der Waals surface area contributed by atoms with Gasteiger partial charge >= 0.3 is 0 Å². The maximum absolute atomic E-state index is 9.08. The second-order valence-electron chi connectivity index (χ2n) is 3.58. The highest BCUT2D eigenvalue weighted by atomic mass is 16.3. The number of aromatic nitrogens is 4. The summed E-state index contributed by atoms with van der Waals surface area (Å²) in [6.07, 6.45) is 5.38. The fourth-order valence-corrected chi connectivity index (χ4v) is 1.61. The Morgan fingerprint density at radius 3 is 2.87 bits per heavy atom. The Labute approximate surface area is 88.0 Å². The van der Waals surface area contributed by atoms with Gasteiger partial charge in [0.2, 0.25) is 0 Å². The van der Waals surface area contributed by atoms with Crippen molar-refractivity contribution in [1.82, 2.24) is 19.3 Å². The average molecular weight is 206 g/mol. The van der Waals surface area contributed by atoms with Crippen LogP contribution in [0.5, 0.6) is 0 Å². The molecule has 0 aliphatic carbocycles. The van der Waals surface area contributed by atoms with Crippen molar-refractivity contribution < 1.29 is 5.11 Å². The van der Waals surface area contributed by atoms with Crippen LogP contribution in [-0.2, 0) is 20.2 Å². The Hall–Kier alpha value is -1.62. The molecule has 0 atom stereocenters. The summed E-state index contributed by atoms with van der Waals surface area (Å²) < 4.78 is 3.71. The largest absolute Gasteiger partial charge is 0.390 e. The fourth-order valence-electron chi connectivity index (χ4n) is 1.61. The molecular formula is C10H14N4O. The van der Waals surface area contributed by atoms with E-state index in [1.807, 2.05) is 24.7 Å². The molecule has 0 saturated carbocycles. The molecule has 1 N–H and O–H groups in total. The Bertz CT molecular complexity index is 458. The number of imidazole rings is 1. The molecule has 80 valence electrons. The molecule has 0 saturated heterocycles. The van der Waals surface area contributed by atoms with Crippen molar-refractivity contribution in [2.45, 2.75) is 20.1 Å². The summed E-state index contributed by atoms with van der Waals surface area (Å²) in [6, 6.07) is 0. The first kappa shape index (κ1) is 9.92. The predicted octanol–water partition coefficient (Wildman–Crippen LogP) is 0.466. The molecule has 0 aromatic carbocycles. The van der Waals surface area contributed by atoms with Gasteiger partial charge in [0.1, 0.15) is 0 Å². The quantitative estimate of drug-likeness (QED) is 0.794. The van der Waals surface area contributed by atoms with Gasteiger partial charge in [0.15, 0.2) is 0 Å². The third-order valence-corrected chi connectivity index (χ3v) is 2.42. The number of aryl methyl sites for hydroxylation is 2. The van der Waals surface area contributed by atoms with Gasteiger partial charge in [0, 0.05) is 18.8 Å². The van der Waals surface area contributed by atoms with E-state index >= 15 is 0 Å². The molecular weight excluding hydrogens is 192 g/mol. The maximum atomic E-state index is 9.08. The van der Waals surface area contributed by atoms with Crippen LogP contribution in [0.2, 0.25) is 0 Å². The minimum Gasteiger partial charge on any atom is -0.390 e. The summed E-state index contributed by atoms with van der Waals surface area (Å²) >= 11 is 0. The Balaban J connectivity index is 2.25. The molecule has 0 amide bonds. The lowest BCUT2D eigenvalue weighted by Gasteiger charge is -2.04. The zero-order valence-electron chi connectivity index (χ0n) is 8.88. The van der Waals surface area contributed by atoms with Crippen LogP contribution in [-0.4, -0.2) is 24.4 Å². The van der Waals surface area contributed by atoms with Gasteiger partial charge in [0.25, 0.3) is 0 Å². The summed E-state index contributed by atoms with van der Waals surface area (Å²) in [5, 5.41) is 13.3. The summed E-state index contributed by atoms with van der Waals surface area (Å²) in [4.78, 5) is 4.00. The van der Waals surface area contributed by atoms with Crippen LogP contribution in [0, 0.1) is 6.92 Å². The molecule has 0 aliphatic heterocycles. The summed E-state index contributed by atoms with van der Waals surface area (Å²) in [5.74, 6) is 0. The third kappa shape index (κ3) is 1.92. The topological polar surface area (TPSA) is 55.9 Å². The number of rotatable bonds is 3. The smallest absolute Gasteiger partial charge is 0.0952 e. The van der Waals surface area contributed by atoms with Crippen molar-refractivity contribution in [3.8, 4) is 0 Å². The SMILES string of the molecule is Cc1nn(C)cc1Cn1cncc1CO. The van der Waals surface area contributed by atoms with Crippen molar-refractivity contribution in [2.24, 2.45) is 7.05 Å². The van der Waals surface area contributed by atoms with Gasteiger partial charge in [-0.15, -0.1) is 0 Å². The second kappa shape index (κ2) is 3.86. The minimum absolute atomic E-state index is 0.0132. The first-order valence-corrected chi connectivity index (χ1v) is 4.79. The van der Waals surface area contributed by atoms with Crippen LogP contribution in [0.1, 0.15) is 17.0 Å². The summed E-state index contributed by atoms with van der Waals surface area (Å²) in [6.45, 7) is 2.69. The third-order valence-electron chi connectivity index (χ3n) is 2.42. The van der Waals surface area contributed by atoms with Crippen molar-refractivity contribution in [3.05, 3.63) is 35.7 Å². The molecule has 5 heteroatoms. The number of aliphatic hydroxyl groups excluding tert-OH is 1. The van der Waals surface area contributed by atoms with E-state index in [4.69, 9.17) is 5.11 Å². The molecule has 2 rings (SSSR count). The van der Waals surface area contributed by atoms with Crippen LogP contribution in [0.3, 0.4) is 0 Å². The first-order valence-electron chi connectivity index (χ1n) is 4.79. The highest BCUT2D eigenvalue weighted by Gasteiger charge is 2.06.